The Morgan fingerprint density at radius 3 is 2.50 bits per heavy atom. The van der Waals surface area contributed by atoms with Crippen molar-refractivity contribution < 1.29 is 4.74 Å². The lowest BCUT2D eigenvalue weighted by Gasteiger charge is -2.14. The Morgan fingerprint density at radius 1 is 1.25 bits per heavy atom. The zero-order chi connectivity index (χ0) is 12.1. The van der Waals surface area contributed by atoms with Gasteiger partial charge in [0.15, 0.2) is 0 Å². The molecule has 0 spiro atoms. The summed E-state index contributed by atoms with van der Waals surface area (Å²) in [6.07, 6.45) is 2.13. The van der Waals surface area contributed by atoms with Crippen molar-refractivity contribution in [2.24, 2.45) is 0 Å². The predicted molar refractivity (Wildman–Crippen MR) is 74.2 cm³/mol. The van der Waals surface area contributed by atoms with Crippen LogP contribution in [0.2, 0.25) is 10.0 Å². The highest BCUT2D eigenvalue weighted by Gasteiger charge is 2.14. The molecule has 1 aromatic rings. The molecule has 0 radical (unpaired) electrons. The molecule has 1 unspecified atom stereocenters. The van der Waals surface area contributed by atoms with Gasteiger partial charge in [-0.2, -0.15) is 0 Å². The molecule has 0 bridgehead atoms. The summed E-state index contributed by atoms with van der Waals surface area (Å²) in [5.74, 6) is 0.647. The van der Waals surface area contributed by atoms with Gasteiger partial charge in [-0.3, -0.25) is 0 Å². The number of rotatable bonds is 5. The quantitative estimate of drug-likeness (QED) is 0.637. The Bertz CT molecular complexity index is 355. The third-order valence-electron chi connectivity index (χ3n) is 2.23. The third-order valence-corrected chi connectivity index (χ3v) is 3.80. The molecule has 1 nitrogen and oxygen atoms in total. The molecule has 0 amide bonds. The Labute approximate surface area is 115 Å². The summed E-state index contributed by atoms with van der Waals surface area (Å²) in [5.41, 5.74) is 1.02. The summed E-state index contributed by atoms with van der Waals surface area (Å²) in [5, 5.41) is 1.31. The van der Waals surface area contributed by atoms with E-state index >= 15 is 0 Å². The second kappa shape index (κ2) is 6.73. The Balaban J connectivity index is 3.00. The van der Waals surface area contributed by atoms with Crippen molar-refractivity contribution in [3.8, 4) is 5.75 Å². The monoisotopic (exact) mass is 324 g/mol. The standard InChI is InChI=1S/C12H15BrCl2O/c1-3-5-9(13)8-6-11(15)12(16-4-2)7-10(8)14/h6-7,9H,3-5H2,1-2H3. The fourth-order valence-electron chi connectivity index (χ4n) is 1.46. The van der Waals surface area contributed by atoms with Crippen LogP contribution < -0.4 is 4.74 Å². The largest absolute Gasteiger partial charge is 0.492 e. The normalized spacial score (nSPS) is 12.6. The summed E-state index contributed by atoms with van der Waals surface area (Å²) >= 11 is 15.9. The predicted octanol–water partition coefficient (Wildman–Crippen LogP) is 5.63. The van der Waals surface area contributed by atoms with Crippen molar-refractivity contribution in [2.45, 2.75) is 31.5 Å². The number of hydrogen-bond donors (Lipinski definition) is 0. The van der Waals surface area contributed by atoms with Crippen molar-refractivity contribution >= 4 is 39.1 Å². The van der Waals surface area contributed by atoms with Gasteiger partial charge in [0.1, 0.15) is 5.75 Å². The summed E-state index contributed by atoms with van der Waals surface area (Å²) in [6, 6.07) is 3.66. The van der Waals surface area contributed by atoms with Gasteiger partial charge >= 0.3 is 0 Å². The van der Waals surface area contributed by atoms with E-state index in [1.807, 2.05) is 13.0 Å². The van der Waals surface area contributed by atoms with Crippen LogP contribution in [0.15, 0.2) is 12.1 Å². The lowest BCUT2D eigenvalue weighted by molar-refractivity contribution is 0.340. The lowest BCUT2D eigenvalue weighted by atomic mass is 10.1. The van der Waals surface area contributed by atoms with Crippen LogP contribution in [0.1, 0.15) is 37.1 Å². The van der Waals surface area contributed by atoms with Crippen molar-refractivity contribution in [1.82, 2.24) is 0 Å². The minimum Gasteiger partial charge on any atom is -0.492 e. The van der Waals surface area contributed by atoms with Crippen molar-refractivity contribution in [3.05, 3.63) is 27.7 Å². The van der Waals surface area contributed by atoms with Crippen LogP contribution in [0.3, 0.4) is 0 Å². The van der Waals surface area contributed by atoms with Crippen LogP contribution in [0.25, 0.3) is 0 Å². The van der Waals surface area contributed by atoms with Gasteiger partial charge in [0.05, 0.1) is 11.6 Å². The third kappa shape index (κ3) is 3.54. The minimum absolute atomic E-state index is 0.248. The SMILES string of the molecule is CCCC(Br)c1cc(Cl)c(OCC)cc1Cl. The first-order valence-corrected chi connectivity index (χ1v) is 7.03. The van der Waals surface area contributed by atoms with E-state index in [1.54, 1.807) is 6.07 Å². The molecule has 1 aromatic carbocycles. The molecule has 0 aliphatic heterocycles. The van der Waals surface area contributed by atoms with Crippen LogP contribution in [-0.4, -0.2) is 6.61 Å². The van der Waals surface area contributed by atoms with E-state index < -0.39 is 0 Å². The number of halogens is 3. The maximum atomic E-state index is 6.20. The zero-order valence-electron chi connectivity index (χ0n) is 9.40. The highest BCUT2D eigenvalue weighted by molar-refractivity contribution is 9.09. The molecule has 16 heavy (non-hydrogen) atoms. The number of alkyl halides is 1. The second-order valence-electron chi connectivity index (χ2n) is 3.49. The molecule has 1 atom stereocenters. The Morgan fingerprint density at radius 2 is 1.94 bits per heavy atom. The van der Waals surface area contributed by atoms with E-state index in [4.69, 9.17) is 27.9 Å². The molecule has 0 saturated heterocycles. The molecular formula is C12H15BrCl2O. The van der Waals surface area contributed by atoms with Gasteiger partial charge in [-0.05, 0) is 25.0 Å². The maximum absolute atomic E-state index is 6.20. The van der Waals surface area contributed by atoms with Crippen LogP contribution in [0.5, 0.6) is 5.75 Å². The van der Waals surface area contributed by atoms with E-state index in [1.165, 1.54) is 0 Å². The zero-order valence-corrected chi connectivity index (χ0v) is 12.5. The maximum Gasteiger partial charge on any atom is 0.139 e. The van der Waals surface area contributed by atoms with Gasteiger partial charge in [0, 0.05) is 15.9 Å². The fraction of sp³-hybridized carbons (Fsp3) is 0.500. The van der Waals surface area contributed by atoms with Crippen molar-refractivity contribution in [2.75, 3.05) is 6.61 Å². The summed E-state index contributed by atoms with van der Waals surface area (Å²) < 4.78 is 5.38. The van der Waals surface area contributed by atoms with Crippen LogP contribution in [0, 0.1) is 0 Å². The molecule has 0 aromatic heterocycles. The molecule has 0 N–H and O–H groups in total. The van der Waals surface area contributed by atoms with Gasteiger partial charge < -0.3 is 4.74 Å². The van der Waals surface area contributed by atoms with Crippen LogP contribution in [-0.2, 0) is 0 Å². The molecule has 1 rings (SSSR count). The molecule has 0 fully saturated rings. The van der Waals surface area contributed by atoms with Gasteiger partial charge in [0.25, 0.3) is 0 Å². The number of hydrogen-bond acceptors (Lipinski definition) is 1. The van der Waals surface area contributed by atoms with Gasteiger partial charge in [0.2, 0.25) is 0 Å². The van der Waals surface area contributed by atoms with Gasteiger partial charge in [-0.1, -0.05) is 52.5 Å². The van der Waals surface area contributed by atoms with E-state index in [0.29, 0.717) is 22.4 Å². The topological polar surface area (TPSA) is 9.23 Å². The van der Waals surface area contributed by atoms with Gasteiger partial charge in [-0.15, -0.1) is 0 Å². The van der Waals surface area contributed by atoms with Crippen molar-refractivity contribution in [3.63, 3.8) is 0 Å². The summed E-state index contributed by atoms with van der Waals surface area (Å²) in [7, 11) is 0. The van der Waals surface area contributed by atoms with Crippen molar-refractivity contribution in [1.29, 1.82) is 0 Å². The van der Waals surface area contributed by atoms with E-state index in [-0.39, 0.29) is 4.83 Å². The van der Waals surface area contributed by atoms with E-state index in [9.17, 15) is 0 Å². The van der Waals surface area contributed by atoms with Crippen LogP contribution in [0.4, 0.5) is 0 Å². The van der Waals surface area contributed by atoms with E-state index in [2.05, 4.69) is 22.9 Å². The second-order valence-corrected chi connectivity index (χ2v) is 5.41. The fourth-order valence-corrected chi connectivity index (χ4v) is 2.94. The smallest absolute Gasteiger partial charge is 0.139 e. The molecule has 0 saturated carbocycles. The molecule has 0 aliphatic rings. The Hall–Kier alpha value is 0.0800. The lowest BCUT2D eigenvalue weighted by Crippen LogP contribution is -1.96. The first-order valence-electron chi connectivity index (χ1n) is 5.35. The number of ether oxygens (including phenoxy) is 1. The highest BCUT2D eigenvalue weighted by Crippen LogP contribution is 2.38. The average Bonchev–Trinajstić information content (AvgIpc) is 2.23. The summed E-state index contributed by atoms with van der Waals surface area (Å²) in [4.78, 5) is 0.248. The Kier molecular flexibility index (Phi) is 5.95. The van der Waals surface area contributed by atoms with Gasteiger partial charge in [-0.25, -0.2) is 0 Å². The number of benzene rings is 1. The van der Waals surface area contributed by atoms with E-state index in [0.717, 1.165) is 18.4 Å². The highest BCUT2D eigenvalue weighted by atomic mass is 79.9. The first kappa shape index (κ1) is 14.1. The molecule has 4 heteroatoms. The first-order chi connectivity index (χ1) is 7.60. The molecule has 0 heterocycles. The molecule has 0 aliphatic carbocycles. The minimum atomic E-state index is 0.248. The molecule has 90 valence electrons. The molecular weight excluding hydrogens is 311 g/mol. The van der Waals surface area contributed by atoms with Crippen LogP contribution >= 0.6 is 39.1 Å². The average molecular weight is 326 g/mol. The summed E-state index contributed by atoms with van der Waals surface area (Å²) in [6.45, 7) is 4.64.